The molecule has 4 fully saturated rings. The molecule has 0 amide bonds. The van der Waals surface area contributed by atoms with Gasteiger partial charge in [0.1, 0.15) is 5.66 Å². The van der Waals surface area contributed by atoms with Crippen LogP contribution in [0.15, 0.2) is 97.1 Å². The summed E-state index contributed by atoms with van der Waals surface area (Å²) in [6.07, 6.45) is 10.9. The van der Waals surface area contributed by atoms with Crippen molar-refractivity contribution in [2.45, 2.75) is 110 Å². The van der Waals surface area contributed by atoms with Gasteiger partial charge in [-0.2, -0.15) is 0 Å². The number of benzene rings is 5. The molecule has 5 aliphatic rings. The molecule has 62 heavy (non-hydrogen) atoms. The molecule has 0 bridgehead atoms. The number of phenols is 1. The summed E-state index contributed by atoms with van der Waals surface area (Å²) < 4.78 is 16.8. The van der Waals surface area contributed by atoms with E-state index in [0.717, 1.165) is 35.5 Å². The molecule has 0 aromatic heterocycles. The van der Waals surface area contributed by atoms with Gasteiger partial charge >= 0.3 is 232 Å². The molecular formula is C54H69I2N3O3. The van der Waals surface area contributed by atoms with E-state index in [1.165, 1.54) is 82.2 Å². The van der Waals surface area contributed by atoms with Crippen LogP contribution in [0.3, 0.4) is 0 Å². The maximum Gasteiger partial charge on any atom is 0.0573 e. The second-order valence-electron chi connectivity index (χ2n) is 19.4. The van der Waals surface area contributed by atoms with Crippen LogP contribution in [0.2, 0.25) is 0 Å². The molecule has 0 spiro atoms. The topological polar surface area (TPSA) is 66.0 Å². The fourth-order valence-electron chi connectivity index (χ4n) is 11.1. The molecule has 1 aliphatic heterocycles. The molecule has 7 unspecified atom stereocenters. The predicted molar refractivity (Wildman–Crippen MR) is 280 cm³/mol. The van der Waals surface area contributed by atoms with Crippen molar-refractivity contribution in [3.05, 3.63) is 115 Å². The summed E-state index contributed by atoms with van der Waals surface area (Å²) in [6, 6.07) is 36.5. The Bertz CT molecular complexity index is 2290. The number of phenolic OH excluding ortho intramolecular Hbond substituents is 1. The molecule has 332 valence electrons. The average molecular weight is 1060 g/mol. The zero-order valence-electron chi connectivity index (χ0n) is 37.9. The predicted octanol–water partition coefficient (Wildman–Crippen LogP) is 14.0. The van der Waals surface area contributed by atoms with Crippen molar-refractivity contribution in [2.24, 2.45) is 29.1 Å². The fraction of sp³-hybridized carbons (Fsp3) is 0.481. The third-order valence-corrected chi connectivity index (χ3v) is 20.5. The monoisotopic (exact) mass is 1060 g/mol. The van der Waals surface area contributed by atoms with Gasteiger partial charge in [0.25, 0.3) is 0 Å². The van der Waals surface area contributed by atoms with Crippen LogP contribution >= 0.6 is 42.4 Å². The van der Waals surface area contributed by atoms with Crippen molar-refractivity contribution < 1.29 is 14.6 Å². The minimum Gasteiger partial charge on any atom is -0.381 e. The quantitative estimate of drug-likeness (QED) is 0.0520. The van der Waals surface area contributed by atoms with E-state index in [4.69, 9.17) is 9.47 Å². The van der Waals surface area contributed by atoms with Gasteiger partial charge in [0.05, 0.1) is 12.2 Å². The molecule has 4 aliphatic carbocycles. The van der Waals surface area contributed by atoms with Gasteiger partial charge in [-0.15, -0.1) is 0 Å². The van der Waals surface area contributed by atoms with Crippen LogP contribution < -0.4 is 15.5 Å². The summed E-state index contributed by atoms with van der Waals surface area (Å²) in [7, 11) is 3.67. The zero-order chi connectivity index (χ0) is 43.2. The number of unbranched alkanes of at least 4 members (excludes halogenated alkanes) is 2. The minimum atomic E-state index is -0.240. The number of anilines is 5. The zero-order valence-corrected chi connectivity index (χ0v) is 42.5. The molecule has 0 saturated heterocycles. The number of hydrogen-bond acceptors (Lipinski definition) is 6. The Hall–Kier alpha value is -3.06. The van der Waals surface area contributed by atoms with Gasteiger partial charge < -0.3 is 20.1 Å². The molecule has 1 heterocycles. The Balaban J connectivity index is 0.000000916. The standard InChI is InChI=1S/C50H61I2N3O2.C4H8O/c1-7-9-26-51-33-16-20-35(21-17-33)55(36-22-18-34(19-23-36)52-27-10-8-2)37-24-25-38(41(56)28-37)43-45-44-39(48(44)57-6)30-50(5,46(43)45)29-32-15-14-31-12-11-13-40-42(31)47(32)54-49(3,4)53-40;1-5-4-2-3-4/h11-25,28,39,43-46,48,51-54,56H,7-10,26-27,29-30H2,1-6H3;4H,2-3H2,1H3. The average Bonchev–Trinajstić information content (AvgIpc) is 4.17. The Kier molecular flexibility index (Phi) is 13.1. The first-order valence-electron chi connectivity index (χ1n) is 23.3. The van der Waals surface area contributed by atoms with Gasteiger partial charge in [0.2, 0.25) is 0 Å². The Labute approximate surface area is 391 Å². The van der Waals surface area contributed by atoms with E-state index in [2.05, 4.69) is 147 Å². The summed E-state index contributed by atoms with van der Waals surface area (Å²) in [5, 5.41) is 22.3. The normalized spacial score (nSPS) is 26.1. The summed E-state index contributed by atoms with van der Waals surface area (Å²) in [5.74, 6) is 2.94. The smallest absolute Gasteiger partial charge is 0.0573 e. The molecular weight excluding hydrogens is 992 g/mol. The van der Waals surface area contributed by atoms with E-state index >= 15 is 0 Å². The number of ether oxygens (including phenoxy) is 2. The summed E-state index contributed by atoms with van der Waals surface area (Å²) in [6.45, 7) is 11.6. The molecule has 8 heteroatoms. The van der Waals surface area contributed by atoms with Gasteiger partial charge in [0, 0.05) is 31.0 Å². The number of methoxy groups -OCH3 is 2. The number of halogens is 2. The maximum atomic E-state index is 12.1. The Morgan fingerprint density at radius 2 is 1.39 bits per heavy atom. The van der Waals surface area contributed by atoms with Gasteiger partial charge in [-0.05, 0) is 62.5 Å². The summed E-state index contributed by atoms with van der Waals surface area (Å²) in [5.41, 5.74) is 8.16. The van der Waals surface area contributed by atoms with Crippen molar-refractivity contribution in [1.29, 1.82) is 0 Å². The Morgan fingerprint density at radius 1 is 0.742 bits per heavy atom. The number of hydrogen-bond donors (Lipinski definition) is 3. The largest absolute Gasteiger partial charge is 0.381 e. The van der Waals surface area contributed by atoms with Crippen molar-refractivity contribution in [3.8, 4) is 5.75 Å². The molecule has 3 N–H and O–H groups in total. The summed E-state index contributed by atoms with van der Waals surface area (Å²) >= 11 is -0.327. The van der Waals surface area contributed by atoms with Crippen molar-refractivity contribution in [3.63, 3.8) is 0 Å². The number of alkyl halides is 2. The molecule has 6 nitrogen and oxygen atoms in total. The number of nitrogens with one attached hydrogen (secondary N) is 2. The molecule has 7 atom stereocenters. The van der Waals surface area contributed by atoms with E-state index in [1.807, 2.05) is 7.11 Å². The van der Waals surface area contributed by atoms with E-state index in [9.17, 15) is 5.11 Å². The molecule has 10 rings (SSSR count). The molecule has 5 aromatic carbocycles. The molecule has 4 saturated carbocycles. The van der Waals surface area contributed by atoms with E-state index in [0.29, 0.717) is 47.5 Å². The van der Waals surface area contributed by atoms with Crippen LogP contribution in [0.1, 0.15) is 96.6 Å². The van der Waals surface area contributed by atoms with Gasteiger partial charge in [-0.1, -0.05) is 31.2 Å². The van der Waals surface area contributed by atoms with E-state index in [-0.39, 0.29) is 53.5 Å². The third kappa shape index (κ3) is 9.10. The van der Waals surface area contributed by atoms with E-state index < -0.39 is 0 Å². The van der Waals surface area contributed by atoms with Crippen LogP contribution in [-0.2, 0) is 15.9 Å². The van der Waals surface area contributed by atoms with Crippen molar-refractivity contribution in [1.82, 2.24) is 0 Å². The second kappa shape index (κ2) is 18.4. The van der Waals surface area contributed by atoms with Crippen molar-refractivity contribution in [2.75, 3.05) is 38.6 Å². The number of aromatic hydroxyl groups is 1. The van der Waals surface area contributed by atoms with E-state index in [1.54, 1.807) is 7.11 Å². The van der Waals surface area contributed by atoms with Crippen LogP contribution in [0, 0.1) is 36.2 Å². The SMILES string of the molecule is CCCC[IH]c1ccc(N(c2ccc([IH]CCCC)cc2)c2ccc(C3C4C5C(CC(C)(Cc6ccc7cccc8c7c6NC(C)(C)N8)C34)C5OC)c(O)c2)cc1.COC1CC1. The van der Waals surface area contributed by atoms with Gasteiger partial charge in [-0.25, -0.2) is 0 Å². The van der Waals surface area contributed by atoms with Crippen LogP contribution in [-0.4, -0.2) is 46.1 Å². The molecule has 0 radical (unpaired) electrons. The first-order valence-corrected chi connectivity index (χ1v) is 28.9. The maximum absolute atomic E-state index is 12.1. The third-order valence-electron chi connectivity index (χ3n) is 14.3. The van der Waals surface area contributed by atoms with Gasteiger partial charge in [-0.3, -0.25) is 0 Å². The Morgan fingerprint density at radius 3 is 1.95 bits per heavy atom. The van der Waals surface area contributed by atoms with Crippen molar-refractivity contribution >= 4 is 81.6 Å². The first-order chi connectivity index (χ1) is 30.1. The van der Waals surface area contributed by atoms with Crippen LogP contribution in [0.25, 0.3) is 10.8 Å². The number of nitrogens with zero attached hydrogens (tertiary/aromatic N) is 1. The minimum absolute atomic E-state index is 0.0840. The first kappa shape index (κ1) is 44.2. The van der Waals surface area contributed by atoms with Gasteiger partial charge in [0.15, 0.2) is 0 Å². The fourth-order valence-corrected chi connectivity index (χ4v) is 16.8. The number of rotatable bonds is 16. The molecule has 5 aromatic rings. The number of fused-ring (bicyclic) bond motifs is 3. The second-order valence-corrected chi connectivity index (χ2v) is 26.1. The summed E-state index contributed by atoms with van der Waals surface area (Å²) in [4.78, 5) is 2.35. The van der Waals surface area contributed by atoms with Crippen LogP contribution in [0.5, 0.6) is 5.75 Å². The van der Waals surface area contributed by atoms with Crippen LogP contribution in [0.4, 0.5) is 28.4 Å².